The van der Waals surface area contributed by atoms with Gasteiger partial charge >= 0.3 is 11.7 Å². The summed E-state index contributed by atoms with van der Waals surface area (Å²) in [4.78, 5) is 55.6. The fourth-order valence-corrected chi connectivity index (χ4v) is 8.97. The molecular weight excluding hydrogens is 783 g/mol. The molecule has 8 rings (SSSR count). The molecular formula is C39H39Cl2F2N9O5. The average Bonchev–Trinajstić information content (AvgIpc) is 3.91. The molecule has 2 aliphatic heterocycles. The van der Waals surface area contributed by atoms with Gasteiger partial charge in [0, 0.05) is 75.7 Å². The molecule has 2 amide bonds. The summed E-state index contributed by atoms with van der Waals surface area (Å²) in [6.07, 6.45) is -0.558. The summed E-state index contributed by atoms with van der Waals surface area (Å²) in [7, 11) is 5.85. The van der Waals surface area contributed by atoms with Crippen LogP contribution in [-0.4, -0.2) is 92.5 Å². The maximum Gasteiger partial charge on any atom is 0.332 e. The second-order valence-corrected chi connectivity index (χ2v) is 15.3. The number of carbonyl (C=O) groups excluding carboxylic acids is 1. The first-order valence-electron chi connectivity index (χ1n) is 18.3. The van der Waals surface area contributed by atoms with Gasteiger partial charge in [-0.2, -0.15) is 0 Å². The summed E-state index contributed by atoms with van der Waals surface area (Å²) < 4.78 is 40.9. The molecule has 0 bridgehead atoms. The third kappa shape index (κ3) is 6.67. The topological polar surface area (TPSA) is 149 Å². The van der Waals surface area contributed by atoms with Gasteiger partial charge in [-0.15, -0.1) is 0 Å². The summed E-state index contributed by atoms with van der Waals surface area (Å²) >= 11 is 14.2. The molecule has 2 saturated heterocycles. The number of anilines is 2. The molecule has 3 aromatic heterocycles. The van der Waals surface area contributed by atoms with E-state index < -0.39 is 23.5 Å². The molecule has 5 heterocycles. The van der Waals surface area contributed by atoms with Gasteiger partial charge in [0.25, 0.3) is 12.0 Å². The zero-order valence-electron chi connectivity index (χ0n) is 31.5. The Morgan fingerprint density at radius 1 is 0.982 bits per heavy atom. The molecule has 5 aromatic rings. The molecule has 18 heteroatoms. The lowest BCUT2D eigenvalue weighted by Gasteiger charge is -2.28. The van der Waals surface area contributed by atoms with E-state index in [1.54, 1.807) is 38.5 Å². The third-order valence-corrected chi connectivity index (χ3v) is 12.0. The number of fused-ring (bicyclic) bond motifs is 2. The quantitative estimate of drug-likeness (QED) is 0.176. The summed E-state index contributed by atoms with van der Waals surface area (Å²) in [5.41, 5.74) is 2.68. The SMILES string of the molecule is COCCN1C[C@@]2(CCN([C@H]3CCc4cc(-c5cccc(-c6cccc(Nc7nc(C(F)F)nc8c7c(=O)n(C)c(=O)n8C)c6Cl)c5Cl)nc(OC)c43)C2)NC1=O. The summed E-state index contributed by atoms with van der Waals surface area (Å²) in [5.74, 6) is -0.589. The van der Waals surface area contributed by atoms with E-state index in [-0.39, 0.29) is 45.2 Å². The lowest BCUT2D eigenvalue weighted by molar-refractivity contribution is 0.141. The highest BCUT2D eigenvalue weighted by atomic mass is 35.5. The van der Waals surface area contributed by atoms with Gasteiger partial charge in [-0.25, -0.2) is 33.3 Å². The average molecular weight is 823 g/mol. The minimum absolute atomic E-state index is 0.0583. The molecule has 0 saturated carbocycles. The van der Waals surface area contributed by atoms with Crippen LogP contribution in [-0.2, 0) is 25.3 Å². The van der Waals surface area contributed by atoms with E-state index in [4.69, 9.17) is 37.7 Å². The van der Waals surface area contributed by atoms with Crippen LogP contribution in [0.5, 0.6) is 5.88 Å². The van der Waals surface area contributed by atoms with Crippen molar-refractivity contribution in [3.8, 4) is 28.3 Å². The van der Waals surface area contributed by atoms with E-state index in [9.17, 15) is 23.2 Å². The Morgan fingerprint density at radius 2 is 1.72 bits per heavy atom. The van der Waals surface area contributed by atoms with Gasteiger partial charge in [-0.3, -0.25) is 18.8 Å². The summed E-state index contributed by atoms with van der Waals surface area (Å²) in [6, 6.07) is 12.6. The summed E-state index contributed by atoms with van der Waals surface area (Å²) in [6.45, 7) is 3.22. The van der Waals surface area contributed by atoms with Crippen molar-refractivity contribution in [1.29, 1.82) is 0 Å². The molecule has 0 radical (unpaired) electrons. The minimum atomic E-state index is -3.08. The van der Waals surface area contributed by atoms with Gasteiger partial charge in [0.15, 0.2) is 11.5 Å². The fraction of sp³-hybridized carbons (Fsp3) is 0.385. The van der Waals surface area contributed by atoms with E-state index in [2.05, 4.69) is 25.5 Å². The predicted octanol–water partition coefficient (Wildman–Crippen LogP) is 5.86. The molecule has 57 heavy (non-hydrogen) atoms. The highest BCUT2D eigenvalue weighted by Gasteiger charge is 2.49. The number of ether oxygens (including phenoxy) is 2. The first kappa shape index (κ1) is 38.7. The lowest BCUT2D eigenvalue weighted by atomic mass is 9.99. The number of carbonyl (C=O) groups is 1. The molecule has 0 unspecified atom stereocenters. The van der Waals surface area contributed by atoms with Crippen molar-refractivity contribution in [2.45, 2.75) is 37.3 Å². The number of aryl methyl sites for hydroxylation is 2. The van der Waals surface area contributed by atoms with Crippen molar-refractivity contribution in [2.75, 3.05) is 52.3 Å². The Bertz CT molecular complexity index is 2570. The Labute approximate surface area is 335 Å². The largest absolute Gasteiger partial charge is 0.481 e. The van der Waals surface area contributed by atoms with Gasteiger partial charge in [-0.1, -0.05) is 53.5 Å². The van der Waals surface area contributed by atoms with Crippen LogP contribution in [0.2, 0.25) is 10.0 Å². The Hall–Kier alpha value is -5.16. The number of amides is 2. The van der Waals surface area contributed by atoms with E-state index in [0.717, 1.165) is 52.6 Å². The number of likely N-dealkylation sites (tertiary alicyclic amines) is 1. The molecule has 2 aromatic carbocycles. The predicted molar refractivity (Wildman–Crippen MR) is 212 cm³/mol. The first-order chi connectivity index (χ1) is 27.3. The maximum absolute atomic E-state index is 13.9. The highest BCUT2D eigenvalue weighted by molar-refractivity contribution is 6.39. The first-order valence-corrected chi connectivity index (χ1v) is 19.1. The van der Waals surface area contributed by atoms with Crippen LogP contribution in [0.1, 0.15) is 42.3 Å². The molecule has 2 atom stereocenters. The van der Waals surface area contributed by atoms with E-state index in [1.807, 2.05) is 23.1 Å². The van der Waals surface area contributed by atoms with Crippen molar-refractivity contribution in [1.82, 2.24) is 39.2 Å². The van der Waals surface area contributed by atoms with Gasteiger partial charge in [0.05, 0.1) is 40.7 Å². The molecule has 1 spiro atoms. The number of nitrogens with zero attached hydrogens (tertiary/aromatic N) is 7. The van der Waals surface area contributed by atoms with Crippen LogP contribution in [0.3, 0.4) is 0 Å². The number of urea groups is 1. The number of hydrogen-bond donors (Lipinski definition) is 2. The molecule has 14 nitrogen and oxygen atoms in total. The smallest absolute Gasteiger partial charge is 0.332 e. The zero-order chi connectivity index (χ0) is 40.3. The number of pyridine rings is 1. The highest BCUT2D eigenvalue weighted by Crippen LogP contribution is 2.47. The second-order valence-electron chi connectivity index (χ2n) is 14.6. The van der Waals surface area contributed by atoms with Crippen molar-refractivity contribution >= 4 is 51.8 Å². The number of hydrogen-bond acceptors (Lipinski definition) is 10. The van der Waals surface area contributed by atoms with Crippen molar-refractivity contribution < 1.29 is 23.0 Å². The van der Waals surface area contributed by atoms with Gasteiger partial charge in [0.1, 0.15) is 11.2 Å². The van der Waals surface area contributed by atoms with Crippen molar-refractivity contribution in [2.24, 2.45) is 14.1 Å². The number of halogens is 4. The molecule has 2 N–H and O–H groups in total. The Balaban J connectivity index is 1.11. The second kappa shape index (κ2) is 15.0. The van der Waals surface area contributed by atoms with E-state index in [1.165, 1.54) is 14.1 Å². The molecule has 1 aliphatic carbocycles. The fourth-order valence-electron chi connectivity index (χ4n) is 8.37. The van der Waals surface area contributed by atoms with Crippen LogP contribution in [0.4, 0.5) is 25.1 Å². The van der Waals surface area contributed by atoms with Gasteiger partial charge in [0.2, 0.25) is 5.88 Å². The van der Waals surface area contributed by atoms with E-state index >= 15 is 0 Å². The van der Waals surface area contributed by atoms with Crippen LogP contribution >= 0.6 is 23.2 Å². The molecule has 3 aliphatic rings. The number of alkyl halides is 2. The number of rotatable bonds is 10. The van der Waals surface area contributed by atoms with E-state index in [0.29, 0.717) is 53.0 Å². The normalized spacial score (nSPS) is 19.3. The van der Waals surface area contributed by atoms with Crippen molar-refractivity contribution in [3.05, 3.63) is 90.3 Å². The standard InChI is InChI=1S/C39H39Cl2F2N9O5/c1-49-34-28(36(53)50(2)38(49)55)32(46-33(47-34)31(42)43)44-24-10-6-8-22(30(24)41)21-7-5-9-23(29(21)40)25-17-20-11-12-26(27(20)35(45-25)57-4)51-14-13-39(18-51)19-52(15-16-56-3)37(54)48-39/h5-10,17,26,31H,11-16,18-19H2,1-4H3,(H,48,54)(H,44,46,47)/t26-,39-/m0/s1. The number of benzene rings is 2. The Kier molecular flexibility index (Phi) is 10.2. The third-order valence-electron chi connectivity index (χ3n) is 11.2. The van der Waals surface area contributed by atoms with Gasteiger partial charge in [-0.05, 0) is 37.0 Å². The lowest BCUT2D eigenvalue weighted by Crippen LogP contribution is -2.46. The zero-order valence-corrected chi connectivity index (χ0v) is 33.0. The molecule has 2 fully saturated rings. The van der Waals surface area contributed by atoms with Crippen LogP contribution in [0, 0.1) is 0 Å². The number of nitrogens with one attached hydrogen (secondary N) is 2. The number of methoxy groups -OCH3 is 2. The minimum Gasteiger partial charge on any atom is -0.481 e. The van der Waals surface area contributed by atoms with Crippen LogP contribution in [0.15, 0.2) is 52.1 Å². The monoisotopic (exact) mass is 821 g/mol. The molecule has 298 valence electrons. The Morgan fingerprint density at radius 3 is 2.46 bits per heavy atom. The maximum atomic E-state index is 13.9. The van der Waals surface area contributed by atoms with Crippen LogP contribution < -0.4 is 26.6 Å². The van der Waals surface area contributed by atoms with Gasteiger partial charge < -0.3 is 25.0 Å². The van der Waals surface area contributed by atoms with Crippen LogP contribution in [0.25, 0.3) is 33.4 Å². The summed E-state index contributed by atoms with van der Waals surface area (Å²) in [5, 5.41) is 6.58. The van der Waals surface area contributed by atoms with Crippen molar-refractivity contribution in [3.63, 3.8) is 0 Å². The number of aromatic nitrogens is 5.